The van der Waals surface area contributed by atoms with Gasteiger partial charge in [-0.2, -0.15) is 0 Å². The van der Waals surface area contributed by atoms with Crippen LogP contribution in [0.1, 0.15) is 39.0 Å². The molecular weight excluding hydrogens is 316 g/mol. The predicted octanol–water partition coefficient (Wildman–Crippen LogP) is 0.991. The summed E-state index contributed by atoms with van der Waals surface area (Å²) in [5.41, 5.74) is -0.130. The summed E-state index contributed by atoms with van der Waals surface area (Å²) in [6.07, 6.45) is 0. The molecule has 1 atom stereocenters. The highest BCUT2D eigenvalue weighted by molar-refractivity contribution is 7.11. The Labute approximate surface area is 137 Å². The fourth-order valence-electron chi connectivity index (χ4n) is 2.41. The number of amides is 1. The molecule has 0 fully saturated rings. The third kappa shape index (κ3) is 2.98. The molecule has 2 aromatic rings. The molecule has 0 aliphatic rings. The molecule has 0 saturated carbocycles. The van der Waals surface area contributed by atoms with E-state index in [1.165, 1.54) is 29.6 Å². The van der Waals surface area contributed by atoms with Gasteiger partial charge in [-0.25, -0.2) is 9.78 Å². The summed E-state index contributed by atoms with van der Waals surface area (Å²) in [5.74, 6) is -0.389. The first kappa shape index (κ1) is 17.1. The first-order chi connectivity index (χ1) is 10.6. The van der Waals surface area contributed by atoms with E-state index in [1.807, 2.05) is 20.8 Å². The van der Waals surface area contributed by atoms with Crippen molar-refractivity contribution in [3.05, 3.63) is 48.2 Å². The Morgan fingerprint density at radius 1 is 1.26 bits per heavy atom. The number of aromatic nitrogens is 3. The van der Waals surface area contributed by atoms with Crippen molar-refractivity contribution in [1.29, 1.82) is 0 Å². The predicted molar refractivity (Wildman–Crippen MR) is 89.0 cm³/mol. The van der Waals surface area contributed by atoms with Crippen LogP contribution in [0, 0.1) is 13.8 Å². The third-order valence-electron chi connectivity index (χ3n) is 3.98. The SMILES string of the molecule is Cc1nc([C@@H](C)N(C)C(=O)c2cc(=O)n(C)c(=O)n2C)c(C)s1. The highest BCUT2D eigenvalue weighted by Crippen LogP contribution is 2.26. The van der Waals surface area contributed by atoms with Crippen LogP contribution in [-0.4, -0.2) is 32.0 Å². The van der Waals surface area contributed by atoms with Gasteiger partial charge >= 0.3 is 5.69 Å². The van der Waals surface area contributed by atoms with Crippen molar-refractivity contribution in [2.45, 2.75) is 26.8 Å². The Morgan fingerprint density at radius 2 is 1.87 bits per heavy atom. The van der Waals surface area contributed by atoms with Gasteiger partial charge in [0.15, 0.2) is 0 Å². The zero-order valence-electron chi connectivity index (χ0n) is 14.1. The zero-order valence-corrected chi connectivity index (χ0v) is 14.9. The van der Waals surface area contributed by atoms with Gasteiger partial charge in [-0.15, -0.1) is 11.3 Å². The average Bonchev–Trinajstić information content (AvgIpc) is 2.85. The van der Waals surface area contributed by atoms with Gasteiger partial charge in [0.2, 0.25) is 0 Å². The van der Waals surface area contributed by atoms with E-state index in [9.17, 15) is 14.4 Å². The van der Waals surface area contributed by atoms with E-state index in [0.717, 1.165) is 20.1 Å². The molecule has 0 aliphatic heterocycles. The van der Waals surface area contributed by atoms with Crippen LogP contribution < -0.4 is 11.2 Å². The fourth-order valence-corrected chi connectivity index (χ4v) is 3.32. The van der Waals surface area contributed by atoms with Gasteiger partial charge in [-0.05, 0) is 20.8 Å². The van der Waals surface area contributed by atoms with Crippen LogP contribution in [-0.2, 0) is 14.1 Å². The Morgan fingerprint density at radius 3 is 2.39 bits per heavy atom. The lowest BCUT2D eigenvalue weighted by molar-refractivity contribution is 0.0727. The fraction of sp³-hybridized carbons (Fsp3) is 0.467. The van der Waals surface area contributed by atoms with Crippen molar-refractivity contribution in [2.24, 2.45) is 14.1 Å². The molecular formula is C15H20N4O3S. The summed E-state index contributed by atoms with van der Waals surface area (Å²) in [7, 11) is 4.50. The minimum absolute atomic E-state index is 0.0667. The number of nitrogens with zero attached hydrogens (tertiary/aromatic N) is 4. The minimum Gasteiger partial charge on any atom is -0.332 e. The van der Waals surface area contributed by atoms with Crippen molar-refractivity contribution in [3.8, 4) is 0 Å². The lowest BCUT2D eigenvalue weighted by Crippen LogP contribution is -2.42. The molecule has 8 heteroatoms. The van der Waals surface area contributed by atoms with E-state index < -0.39 is 11.2 Å². The number of aryl methyl sites for hydroxylation is 2. The lowest BCUT2D eigenvalue weighted by atomic mass is 10.2. The third-order valence-corrected chi connectivity index (χ3v) is 4.88. The molecule has 124 valence electrons. The number of carbonyl (C=O) groups excluding carboxylic acids is 1. The van der Waals surface area contributed by atoms with E-state index >= 15 is 0 Å². The van der Waals surface area contributed by atoms with E-state index in [2.05, 4.69) is 4.98 Å². The molecule has 1 amide bonds. The van der Waals surface area contributed by atoms with Gasteiger partial charge in [0.1, 0.15) is 5.69 Å². The molecule has 7 nitrogen and oxygen atoms in total. The summed E-state index contributed by atoms with van der Waals surface area (Å²) < 4.78 is 2.15. The van der Waals surface area contributed by atoms with Crippen LogP contribution in [0.5, 0.6) is 0 Å². The van der Waals surface area contributed by atoms with Crippen molar-refractivity contribution in [2.75, 3.05) is 7.05 Å². The van der Waals surface area contributed by atoms with Crippen LogP contribution >= 0.6 is 11.3 Å². The molecule has 0 aromatic carbocycles. The number of carbonyl (C=O) groups is 1. The molecule has 2 heterocycles. The first-order valence-corrected chi connectivity index (χ1v) is 7.95. The van der Waals surface area contributed by atoms with Gasteiger partial charge in [0.25, 0.3) is 11.5 Å². The second kappa shape index (κ2) is 6.11. The summed E-state index contributed by atoms with van der Waals surface area (Å²) in [5, 5.41) is 0.936. The molecule has 0 saturated heterocycles. The van der Waals surface area contributed by atoms with Crippen LogP contribution in [0.3, 0.4) is 0 Å². The van der Waals surface area contributed by atoms with Crippen molar-refractivity contribution >= 4 is 17.2 Å². The van der Waals surface area contributed by atoms with Crippen molar-refractivity contribution in [3.63, 3.8) is 0 Å². The maximum absolute atomic E-state index is 12.7. The first-order valence-electron chi connectivity index (χ1n) is 7.13. The largest absolute Gasteiger partial charge is 0.332 e. The number of thiazole rings is 1. The Kier molecular flexibility index (Phi) is 4.56. The van der Waals surface area contributed by atoms with E-state index in [0.29, 0.717) is 0 Å². The summed E-state index contributed by atoms with van der Waals surface area (Å²) in [6, 6.07) is 0.929. The van der Waals surface area contributed by atoms with Crippen molar-refractivity contribution in [1.82, 2.24) is 19.0 Å². The monoisotopic (exact) mass is 336 g/mol. The normalized spacial score (nSPS) is 12.3. The topological polar surface area (TPSA) is 77.2 Å². The van der Waals surface area contributed by atoms with E-state index in [1.54, 1.807) is 18.4 Å². The highest BCUT2D eigenvalue weighted by Gasteiger charge is 2.25. The van der Waals surface area contributed by atoms with Gasteiger partial charge in [0, 0.05) is 32.1 Å². The van der Waals surface area contributed by atoms with E-state index in [4.69, 9.17) is 0 Å². The van der Waals surface area contributed by atoms with Gasteiger partial charge in [0.05, 0.1) is 16.7 Å². The summed E-state index contributed by atoms with van der Waals surface area (Å²) in [4.78, 5) is 43.5. The number of hydrogen-bond acceptors (Lipinski definition) is 5. The molecule has 0 N–H and O–H groups in total. The molecule has 2 rings (SSSR count). The molecule has 23 heavy (non-hydrogen) atoms. The van der Waals surface area contributed by atoms with Crippen LogP contribution in [0.2, 0.25) is 0 Å². The minimum atomic E-state index is -0.525. The zero-order chi connectivity index (χ0) is 17.5. The Hall–Kier alpha value is -2.22. The standard InChI is InChI=1S/C15H20N4O3S/c1-8(13-9(2)23-10(3)16-13)17(4)14(21)11-7-12(20)19(6)15(22)18(11)5/h7-8H,1-6H3/t8-/m1/s1. The second-order valence-electron chi connectivity index (χ2n) is 5.53. The maximum Gasteiger partial charge on any atom is 0.331 e. The second-order valence-corrected chi connectivity index (χ2v) is 6.94. The molecule has 0 aliphatic carbocycles. The Balaban J connectivity index is 2.43. The van der Waals surface area contributed by atoms with Gasteiger partial charge < -0.3 is 4.90 Å². The molecule has 0 radical (unpaired) electrons. The summed E-state index contributed by atoms with van der Waals surface area (Å²) >= 11 is 1.57. The average molecular weight is 336 g/mol. The van der Waals surface area contributed by atoms with Crippen LogP contribution in [0.4, 0.5) is 0 Å². The van der Waals surface area contributed by atoms with Gasteiger partial charge in [-0.1, -0.05) is 0 Å². The van der Waals surface area contributed by atoms with Crippen molar-refractivity contribution < 1.29 is 4.79 Å². The Bertz CT molecular complexity index is 878. The van der Waals surface area contributed by atoms with Crippen LogP contribution in [0.15, 0.2) is 15.7 Å². The summed E-state index contributed by atoms with van der Waals surface area (Å²) in [6.45, 7) is 5.75. The van der Waals surface area contributed by atoms with Gasteiger partial charge in [-0.3, -0.25) is 18.7 Å². The molecule has 0 unspecified atom stereocenters. The number of rotatable bonds is 3. The molecule has 2 aromatic heterocycles. The molecule has 0 spiro atoms. The molecule has 0 bridgehead atoms. The quantitative estimate of drug-likeness (QED) is 0.837. The lowest BCUT2D eigenvalue weighted by Gasteiger charge is -2.25. The number of hydrogen-bond donors (Lipinski definition) is 0. The smallest absolute Gasteiger partial charge is 0.331 e. The van der Waals surface area contributed by atoms with E-state index in [-0.39, 0.29) is 17.6 Å². The highest BCUT2D eigenvalue weighted by atomic mass is 32.1. The van der Waals surface area contributed by atoms with Crippen LogP contribution in [0.25, 0.3) is 0 Å². The maximum atomic E-state index is 12.7.